The molecule has 4 heterocycles. The zero-order valence-electron chi connectivity index (χ0n) is 30.4. The number of piperazine rings is 1. The van der Waals surface area contributed by atoms with E-state index in [0.29, 0.717) is 23.4 Å². The van der Waals surface area contributed by atoms with E-state index in [1.54, 1.807) is 13.3 Å². The lowest BCUT2D eigenvalue weighted by Gasteiger charge is -2.58. The molecule has 1 spiro atoms. The number of benzene rings is 3. The molecule has 1 saturated carbocycles. The number of aromatic nitrogens is 2. The van der Waals surface area contributed by atoms with Gasteiger partial charge in [-0.25, -0.2) is 4.98 Å². The van der Waals surface area contributed by atoms with Gasteiger partial charge in [-0.2, -0.15) is 0 Å². The highest BCUT2D eigenvalue weighted by atomic mass is 16.5. The maximum absolute atomic E-state index is 6.40. The van der Waals surface area contributed by atoms with E-state index < -0.39 is 0 Å². The number of hydrogen-bond donors (Lipinski definition) is 1. The fourth-order valence-electron chi connectivity index (χ4n) is 8.94. The van der Waals surface area contributed by atoms with Crippen molar-refractivity contribution in [2.75, 3.05) is 44.7 Å². The largest absolute Gasteiger partial charge is 0.497 e. The van der Waals surface area contributed by atoms with Crippen molar-refractivity contribution in [3.05, 3.63) is 120 Å². The average molecular weight is 682 g/mol. The van der Waals surface area contributed by atoms with Crippen molar-refractivity contribution in [3.63, 3.8) is 0 Å². The number of nitrogens with one attached hydrogen (secondary N) is 1. The van der Waals surface area contributed by atoms with Gasteiger partial charge in [-0.1, -0.05) is 62.9 Å². The Morgan fingerprint density at radius 1 is 0.941 bits per heavy atom. The Labute approximate surface area is 302 Å². The number of hydrogen-bond acceptors (Lipinski definition) is 6. The molecule has 1 aliphatic carbocycles. The van der Waals surface area contributed by atoms with Crippen molar-refractivity contribution in [2.24, 2.45) is 5.41 Å². The predicted octanol–water partition coefficient (Wildman–Crippen LogP) is 9.44. The van der Waals surface area contributed by atoms with Gasteiger partial charge in [0, 0.05) is 80.3 Å². The molecule has 51 heavy (non-hydrogen) atoms. The molecule has 2 aliphatic heterocycles. The zero-order valence-corrected chi connectivity index (χ0v) is 30.4. The van der Waals surface area contributed by atoms with Crippen LogP contribution in [0, 0.1) is 5.41 Å². The maximum Gasteiger partial charge on any atom is 0.146 e. The highest BCUT2D eigenvalue weighted by molar-refractivity contribution is 5.76. The fraction of sp³-hybridized carbons (Fsp3) is 0.386. The second-order valence-corrected chi connectivity index (χ2v) is 15.3. The van der Waals surface area contributed by atoms with Gasteiger partial charge in [-0.05, 0) is 90.1 Å². The number of H-pyrrole nitrogens is 1. The molecule has 1 N–H and O–H groups in total. The standard InChI is InChI=1S/C44H51N5O2/c1-5-33-12-13-35(25-42(33)51-38-24-34-16-19-45-43(34)46-28-38)48-20-17-44(18-21-48)26-36(27-44)49-23-22-47(29-32-10-14-37(50-4)15-11-32)30-41(49)40-9-7-6-8-39(40)31(2)3/h5-16,19,24-25,28,31,36,41H,1,17-18,20-23,26-27,29-30H2,2-4H3,(H,45,46). The van der Waals surface area contributed by atoms with Crippen LogP contribution >= 0.6 is 0 Å². The minimum Gasteiger partial charge on any atom is -0.497 e. The van der Waals surface area contributed by atoms with Crippen LogP contribution in [-0.2, 0) is 6.54 Å². The quantitative estimate of drug-likeness (QED) is 0.159. The van der Waals surface area contributed by atoms with Crippen molar-refractivity contribution < 1.29 is 9.47 Å². The Balaban J connectivity index is 0.938. The van der Waals surface area contributed by atoms with E-state index in [1.165, 1.54) is 48.1 Å². The molecule has 3 aliphatic rings. The van der Waals surface area contributed by atoms with Gasteiger partial charge in [-0.3, -0.25) is 9.80 Å². The summed E-state index contributed by atoms with van der Waals surface area (Å²) in [6, 6.07) is 29.5. The first-order chi connectivity index (χ1) is 24.9. The fourth-order valence-corrected chi connectivity index (χ4v) is 8.94. The molecule has 0 radical (unpaired) electrons. The van der Waals surface area contributed by atoms with E-state index in [-0.39, 0.29) is 0 Å². The van der Waals surface area contributed by atoms with Gasteiger partial charge >= 0.3 is 0 Å². The summed E-state index contributed by atoms with van der Waals surface area (Å²) < 4.78 is 11.8. The van der Waals surface area contributed by atoms with Crippen LogP contribution in [0.3, 0.4) is 0 Å². The molecular formula is C44H51N5O2. The number of aromatic amines is 1. The van der Waals surface area contributed by atoms with Crippen LogP contribution in [0.5, 0.6) is 17.2 Å². The van der Waals surface area contributed by atoms with Crippen molar-refractivity contribution in [1.82, 2.24) is 19.8 Å². The van der Waals surface area contributed by atoms with Gasteiger partial charge in [0.25, 0.3) is 0 Å². The lowest BCUT2D eigenvalue weighted by atomic mass is 9.59. The molecule has 1 atom stereocenters. The van der Waals surface area contributed by atoms with Crippen molar-refractivity contribution in [1.29, 1.82) is 0 Å². The van der Waals surface area contributed by atoms with Gasteiger partial charge in [0.05, 0.1) is 13.3 Å². The minimum absolute atomic E-state index is 0.410. The van der Waals surface area contributed by atoms with Crippen LogP contribution in [0.4, 0.5) is 5.69 Å². The summed E-state index contributed by atoms with van der Waals surface area (Å²) in [6.07, 6.45) is 10.6. The molecule has 3 aromatic carbocycles. The molecular weight excluding hydrogens is 631 g/mol. The van der Waals surface area contributed by atoms with Crippen molar-refractivity contribution in [2.45, 2.75) is 64.1 Å². The first kappa shape index (κ1) is 33.5. The SMILES string of the molecule is C=Cc1ccc(N2CCC3(CC2)CC(N2CCN(Cc4ccc(OC)cc4)CC2c2ccccc2C(C)C)C3)cc1Oc1cnc2[nH]ccc2c1. The third-order valence-electron chi connectivity index (χ3n) is 11.9. The van der Waals surface area contributed by atoms with Gasteiger partial charge in [-0.15, -0.1) is 0 Å². The molecule has 2 aromatic heterocycles. The summed E-state index contributed by atoms with van der Waals surface area (Å²) in [6.45, 7) is 15.1. The van der Waals surface area contributed by atoms with E-state index in [9.17, 15) is 0 Å². The third kappa shape index (κ3) is 6.89. The first-order valence-electron chi connectivity index (χ1n) is 18.7. The molecule has 7 nitrogen and oxygen atoms in total. The van der Waals surface area contributed by atoms with E-state index >= 15 is 0 Å². The topological polar surface area (TPSA) is 56.9 Å². The van der Waals surface area contributed by atoms with E-state index in [4.69, 9.17) is 9.47 Å². The predicted molar refractivity (Wildman–Crippen MR) is 208 cm³/mol. The van der Waals surface area contributed by atoms with Gasteiger partial charge in [0.1, 0.15) is 22.9 Å². The number of nitrogens with zero attached hydrogens (tertiary/aromatic N) is 4. The number of piperidine rings is 1. The monoisotopic (exact) mass is 681 g/mol. The van der Waals surface area contributed by atoms with Crippen LogP contribution < -0.4 is 14.4 Å². The van der Waals surface area contributed by atoms with E-state index in [0.717, 1.165) is 73.1 Å². The first-order valence-corrected chi connectivity index (χ1v) is 18.7. The van der Waals surface area contributed by atoms with Gasteiger partial charge in [0.2, 0.25) is 0 Å². The summed E-state index contributed by atoms with van der Waals surface area (Å²) in [4.78, 5) is 15.8. The Kier molecular flexibility index (Phi) is 9.34. The normalized spacial score (nSPS) is 19.8. The maximum atomic E-state index is 6.40. The van der Waals surface area contributed by atoms with E-state index in [2.05, 4.69) is 112 Å². The summed E-state index contributed by atoms with van der Waals surface area (Å²) >= 11 is 0. The second-order valence-electron chi connectivity index (χ2n) is 15.3. The molecule has 0 amide bonds. The summed E-state index contributed by atoms with van der Waals surface area (Å²) in [5.74, 6) is 2.97. The molecule has 264 valence electrons. The number of methoxy groups -OCH3 is 1. The zero-order chi connectivity index (χ0) is 35.0. The third-order valence-corrected chi connectivity index (χ3v) is 11.9. The molecule has 7 heteroatoms. The highest BCUT2D eigenvalue weighted by Crippen LogP contribution is 2.53. The summed E-state index contributed by atoms with van der Waals surface area (Å²) in [7, 11) is 1.73. The second kappa shape index (κ2) is 14.2. The molecule has 8 rings (SSSR count). The van der Waals surface area contributed by atoms with Crippen molar-refractivity contribution >= 4 is 22.8 Å². The van der Waals surface area contributed by atoms with Crippen LogP contribution in [0.15, 0.2) is 97.8 Å². The molecule has 3 fully saturated rings. The van der Waals surface area contributed by atoms with Crippen LogP contribution in [-0.4, -0.2) is 65.6 Å². The number of rotatable bonds is 10. The van der Waals surface area contributed by atoms with Crippen molar-refractivity contribution in [3.8, 4) is 17.2 Å². The minimum atomic E-state index is 0.410. The van der Waals surface area contributed by atoms with Crippen LogP contribution in [0.25, 0.3) is 17.1 Å². The van der Waals surface area contributed by atoms with Gasteiger partial charge < -0.3 is 19.4 Å². The Morgan fingerprint density at radius 2 is 1.75 bits per heavy atom. The lowest BCUT2D eigenvalue weighted by Crippen LogP contribution is -2.60. The molecule has 0 bridgehead atoms. The average Bonchev–Trinajstić information content (AvgIpc) is 3.62. The van der Waals surface area contributed by atoms with E-state index in [1.807, 2.05) is 24.4 Å². The van der Waals surface area contributed by atoms with Gasteiger partial charge in [0.15, 0.2) is 0 Å². The molecule has 2 saturated heterocycles. The summed E-state index contributed by atoms with van der Waals surface area (Å²) in [5, 5.41) is 1.04. The highest BCUT2D eigenvalue weighted by Gasteiger charge is 2.50. The number of pyridine rings is 1. The molecule has 1 unspecified atom stereocenters. The number of ether oxygens (including phenoxy) is 2. The smallest absolute Gasteiger partial charge is 0.146 e. The summed E-state index contributed by atoms with van der Waals surface area (Å²) in [5.41, 5.74) is 7.88. The molecule has 5 aromatic rings. The Morgan fingerprint density at radius 3 is 2.51 bits per heavy atom. The van der Waals surface area contributed by atoms with Crippen LogP contribution in [0.1, 0.15) is 73.7 Å². The Bertz CT molecular complexity index is 1970. The Hall–Kier alpha value is -4.59. The lowest BCUT2D eigenvalue weighted by molar-refractivity contribution is -0.0628. The van der Waals surface area contributed by atoms with Crippen LogP contribution in [0.2, 0.25) is 0 Å². The number of anilines is 1. The number of fused-ring (bicyclic) bond motifs is 1.